The maximum Gasteiger partial charge on any atom is 0.117 e. The van der Waals surface area contributed by atoms with Crippen molar-refractivity contribution in [3.8, 4) is 11.3 Å². The first kappa shape index (κ1) is 8.90. The van der Waals surface area contributed by atoms with E-state index in [1.165, 1.54) is 5.56 Å². The van der Waals surface area contributed by atoms with E-state index in [0.717, 1.165) is 17.0 Å². The Bertz CT molecular complexity index is 416. The number of nitrogens with two attached hydrogens (primary N) is 1. The van der Waals surface area contributed by atoms with Gasteiger partial charge in [-0.15, -0.1) is 0 Å². The summed E-state index contributed by atoms with van der Waals surface area (Å²) in [5.74, 6) is 0. The zero-order chi connectivity index (χ0) is 9.97. The predicted molar refractivity (Wildman–Crippen MR) is 54.4 cm³/mol. The largest absolute Gasteiger partial charge is 0.325 e. The Morgan fingerprint density at radius 2 is 1.93 bits per heavy atom. The first-order chi connectivity index (χ1) is 6.81. The molecule has 0 aliphatic heterocycles. The molecule has 0 aliphatic rings. The molecular formula is C10H12N4. The molecule has 0 radical (unpaired) electrons. The van der Waals surface area contributed by atoms with Crippen LogP contribution in [0.5, 0.6) is 0 Å². The molecule has 0 amide bonds. The van der Waals surface area contributed by atoms with Crippen LogP contribution in [0.3, 0.4) is 0 Å². The van der Waals surface area contributed by atoms with Gasteiger partial charge in [-0.2, -0.15) is 15.4 Å². The summed E-state index contributed by atoms with van der Waals surface area (Å²) in [6.07, 6.45) is 0. The first-order valence-electron chi connectivity index (χ1n) is 4.48. The normalized spacial score (nSPS) is 10.4. The summed E-state index contributed by atoms with van der Waals surface area (Å²) in [5, 5.41) is 10.6. The Kier molecular flexibility index (Phi) is 2.28. The fraction of sp³-hybridized carbons (Fsp3) is 0.200. The van der Waals surface area contributed by atoms with Crippen LogP contribution in [0.1, 0.15) is 11.3 Å². The molecule has 4 heteroatoms. The molecule has 72 valence electrons. The summed E-state index contributed by atoms with van der Waals surface area (Å²) in [7, 11) is 0. The van der Waals surface area contributed by atoms with Gasteiger partial charge >= 0.3 is 0 Å². The zero-order valence-electron chi connectivity index (χ0n) is 7.99. The SMILES string of the molecule is Cc1ccc(-c2n[nH]nc2CN)cc1. The highest BCUT2D eigenvalue weighted by Crippen LogP contribution is 2.19. The molecule has 4 nitrogen and oxygen atoms in total. The number of nitrogens with one attached hydrogen (secondary N) is 1. The van der Waals surface area contributed by atoms with Gasteiger partial charge in [-0.1, -0.05) is 29.8 Å². The average Bonchev–Trinajstić information content (AvgIpc) is 2.67. The lowest BCUT2D eigenvalue weighted by molar-refractivity contribution is 0.898. The number of hydrogen-bond acceptors (Lipinski definition) is 3. The molecule has 0 atom stereocenters. The van der Waals surface area contributed by atoms with E-state index < -0.39 is 0 Å². The molecule has 0 spiro atoms. The number of aryl methyl sites for hydroxylation is 1. The van der Waals surface area contributed by atoms with Crippen LogP contribution in [0.25, 0.3) is 11.3 Å². The summed E-state index contributed by atoms with van der Waals surface area (Å²) in [6.45, 7) is 2.45. The highest BCUT2D eigenvalue weighted by Gasteiger charge is 2.07. The van der Waals surface area contributed by atoms with Crippen LogP contribution in [0.2, 0.25) is 0 Å². The van der Waals surface area contributed by atoms with Crippen LogP contribution < -0.4 is 5.73 Å². The molecule has 1 aromatic heterocycles. The molecule has 3 N–H and O–H groups in total. The van der Waals surface area contributed by atoms with Crippen LogP contribution in [0.4, 0.5) is 0 Å². The summed E-state index contributed by atoms with van der Waals surface area (Å²) >= 11 is 0. The number of H-pyrrole nitrogens is 1. The molecule has 2 rings (SSSR count). The monoisotopic (exact) mass is 188 g/mol. The number of benzene rings is 1. The minimum atomic E-state index is 0.402. The Morgan fingerprint density at radius 3 is 2.57 bits per heavy atom. The lowest BCUT2D eigenvalue weighted by Crippen LogP contribution is -1.98. The van der Waals surface area contributed by atoms with E-state index in [-0.39, 0.29) is 0 Å². The second-order valence-corrected chi connectivity index (χ2v) is 3.19. The van der Waals surface area contributed by atoms with Gasteiger partial charge in [-0.05, 0) is 6.92 Å². The zero-order valence-corrected chi connectivity index (χ0v) is 7.99. The third kappa shape index (κ3) is 1.52. The van der Waals surface area contributed by atoms with Crippen molar-refractivity contribution < 1.29 is 0 Å². The third-order valence-electron chi connectivity index (χ3n) is 2.14. The Morgan fingerprint density at radius 1 is 1.21 bits per heavy atom. The second kappa shape index (κ2) is 3.59. The second-order valence-electron chi connectivity index (χ2n) is 3.19. The van der Waals surface area contributed by atoms with E-state index in [4.69, 9.17) is 5.73 Å². The molecule has 0 saturated carbocycles. The van der Waals surface area contributed by atoms with Crippen molar-refractivity contribution in [2.75, 3.05) is 0 Å². The first-order valence-corrected chi connectivity index (χ1v) is 4.48. The number of aromatic amines is 1. The van der Waals surface area contributed by atoms with Crippen molar-refractivity contribution in [3.63, 3.8) is 0 Å². The number of hydrogen-bond donors (Lipinski definition) is 2. The van der Waals surface area contributed by atoms with Crippen molar-refractivity contribution >= 4 is 0 Å². The molecule has 0 aliphatic carbocycles. The van der Waals surface area contributed by atoms with Crippen molar-refractivity contribution in [2.45, 2.75) is 13.5 Å². The van der Waals surface area contributed by atoms with Gasteiger partial charge in [-0.3, -0.25) is 0 Å². The minimum Gasteiger partial charge on any atom is -0.325 e. The smallest absolute Gasteiger partial charge is 0.117 e. The molecule has 14 heavy (non-hydrogen) atoms. The maximum atomic E-state index is 5.54. The highest BCUT2D eigenvalue weighted by atomic mass is 15.3. The maximum absolute atomic E-state index is 5.54. The highest BCUT2D eigenvalue weighted by molar-refractivity contribution is 5.61. The van der Waals surface area contributed by atoms with Crippen LogP contribution in [-0.4, -0.2) is 15.4 Å². The third-order valence-corrected chi connectivity index (χ3v) is 2.14. The van der Waals surface area contributed by atoms with E-state index >= 15 is 0 Å². The predicted octanol–water partition coefficient (Wildman–Crippen LogP) is 1.24. The topological polar surface area (TPSA) is 67.6 Å². The van der Waals surface area contributed by atoms with Crippen molar-refractivity contribution in [3.05, 3.63) is 35.5 Å². The van der Waals surface area contributed by atoms with Gasteiger partial charge in [0, 0.05) is 12.1 Å². The molecule has 0 unspecified atom stereocenters. The van der Waals surface area contributed by atoms with Crippen LogP contribution in [0, 0.1) is 6.92 Å². The lowest BCUT2D eigenvalue weighted by Gasteiger charge is -1.98. The lowest BCUT2D eigenvalue weighted by atomic mass is 10.1. The quantitative estimate of drug-likeness (QED) is 0.745. The summed E-state index contributed by atoms with van der Waals surface area (Å²) in [6, 6.07) is 8.13. The van der Waals surface area contributed by atoms with E-state index in [9.17, 15) is 0 Å². The summed E-state index contributed by atoms with van der Waals surface area (Å²) in [5.41, 5.74) is 9.45. The van der Waals surface area contributed by atoms with E-state index in [1.54, 1.807) is 0 Å². The number of rotatable bonds is 2. The molecule has 0 saturated heterocycles. The number of nitrogens with zero attached hydrogens (tertiary/aromatic N) is 2. The van der Waals surface area contributed by atoms with Gasteiger partial charge in [0.2, 0.25) is 0 Å². The fourth-order valence-corrected chi connectivity index (χ4v) is 1.34. The van der Waals surface area contributed by atoms with E-state index in [1.807, 2.05) is 24.3 Å². The van der Waals surface area contributed by atoms with Gasteiger partial charge in [0.05, 0.1) is 0 Å². The molecular weight excluding hydrogens is 176 g/mol. The number of aromatic nitrogens is 3. The van der Waals surface area contributed by atoms with Gasteiger partial charge in [0.25, 0.3) is 0 Å². The van der Waals surface area contributed by atoms with Gasteiger partial charge in [-0.25, -0.2) is 0 Å². The van der Waals surface area contributed by atoms with Crippen LogP contribution in [-0.2, 0) is 6.54 Å². The minimum absolute atomic E-state index is 0.402. The van der Waals surface area contributed by atoms with Crippen molar-refractivity contribution in [1.82, 2.24) is 15.4 Å². The van der Waals surface area contributed by atoms with Crippen molar-refractivity contribution in [1.29, 1.82) is 0 Å². The van der Waals surface area contributed by atoms with Gasteiger partial charge in [0.1, 0.15) is 11.4 Å². The molecule has 0 fully saturated rings. The molecule has 0 bridgehead atoms. The van der Waals surface area contributed by atoms with Crippen molar-refractivity contribution in [2.24, 2.45) is 5.73 Å². The Balaban J connectivity index is 2.44. The average molecular weight is 188 g/mol. The van der Waals surface area contributed by atoms with Crippen LogP contribution >= 0.6 is 0 Å². The molecule has 1 heterocycles. The van der Waals surface area contributed by atoms with Gasteiger partial charge < -0.3 is 5.73 Å². The Labute approximate surface area is 82.1 Å². The summed E-state index contributed by atoms with van der Waals surface area (Å²) in [4.78, 5) is 0. The molecule has 2 aromatic rings. The van der Waals surface area contributed by atoms with Gasteiger partial charge in [0.15, 0.2) is 0 Å². The van der Waals surface area contributed by atoms with E-state index in [0.29, 0.717) is 6.54 Å². The van der Waals surface area contributed by atoms with E-state index in [2.05, 4.69) is 22.3 Å². The standard InChI is InChI=1S/C10H12N4/c1-7-2-4-8(5-3-7)10-9(6-11)12-14-13-10/h2-5H,6,11H2,1H3,(H,12,13,14). The summed E-state index contributed by atoms with van der Waals surface area (Å²) < 4.78 is 0. The Hall–Kier alpha value is -1.68. The van der Waals surface area contributed by atoms with Crippen LogP contribution in [0.15, 0.2) is 24.3 Å². The fourth-order valence-electron chi connectivity index (χ4n) is 1.34. The molecule has 1 aromatic carbocycles.